The summed E-state index contributed by atoms with van der Waals surface area (Å²) in [6.07, 6.45) is 0.0684. The summed E-state index contributed by atoms with van der Waals surface area (Å²) >= 11 is 0. The van der Waals surface area contributed by atoms with Crippen molar-refractivity contribution >= 4 is 23.6 Å². The molecular formula is C27H27F5N4O5. The Kier molecular flexibility index (Phi) is 9.08. The largest absolute Gasteiger partial charge is 0.491 e. The minimum absolute atomic E-state index is 0.0253. The molecule has 2 amide bonds. The molecule has 0 saturated heterocycles. The maximum absolute atomic E-state index is 14.0. The first-order valence-electron chi connectivity index (χ1n) is 12.9. The summed E-state index contributed by atoms with van der Waals surface area (Å²) in [5.41, 5.74) is 0.735. The van der Waals surface area contributed by atoms with E-state index in [1.165, 1.54) is 10.8 Å². The molecule has 1 saturated carbocycles. The highest BCUT2D eigenvalue weighted by Gasteiger charge is 2.42. The van der Waals surface area contributed by atoms with Crippen LogP contribution in [0.5, 0.6) is 5.75 Å². The van der Waals surface area contributed by atoms with Crippen molar-refractivity contribution in [2.45, 2.75) is 51.2 Å². The number of imidazole rings is 1. The lowest BCUT2D eigenvalue weighted by atomic mass is 9.90. The average molecular weight is 583 g/mol. The Hall–Kier alpha value is -4.23. The van der Waals surface area contributed by atoms with Gasteiger partial charge in [0.1, 0.15) is 5.69 Å². The molecule has 4 rings (SSSR count). The van der Waals surface area contributed by atoms with Crippen LogP contribution in [0.25, 0.3) is 5.65 Å². The van der Waals surface area contributed by atoms with E-state index in [0.717, 1.165) is 43.9 Å². The van der Waals surface area contributed by atoms with E-state index in [2.05, 4.69) is 15.0 Å². The number of aryl methyl sites for hydroxylation is 1. The van der Waals surface area contributed by atoms with Crippen LogP contribution in [-0.4, -0.2) is 46.7 Å². The molecule has 1 aromatic carbocycles. The molecule has 41 heavy (non-hydrogen) atoms. The van der Waals surface area contributed by atoms with Gasteiger partial charge >= 0.3 is 18.2 Å². The lowest BCUT2D eigenvalue weighted by molar-refractivity contribution is -0.192. The number of pyridine rings is 1. The van der Waals surface area contributed by atoms with E-state index in [1.807, 2.05) is 5.32 Å². The number of nitrogens with zero attached hydrogens (tertiary/aromatic N) is 2. The molecule has 1 aliphatic rings. The van der Waals surface area contributed by atoms with Crippen molar-refractivity contribution in [3.63, 3.8) is 0 Å². The maximum atomic E-state index is 14.0. The molecule has 1 atom stereocenters. The summed E-state index contributed by atoms with van der Waals surface area (Å²) in [6.45, 7) is 1.45. The Labute approximate surface area is 231 Å². The van der Waals surface area contributed by atoms with Gasteiger partial charge in [0.25, 0.3) is 5.91 Å². The molecule has 0 spiro atoms. The number of ether oxygens (including phenoxy) is 2. The third-order valence-corrected chi connectivity index (χ3v) is 6.72. The zero-order chi connectivity index (χ0) is 29.7. The zero-order valence-corrected chi connectivity index (χ0v) is 21.9. The molecular weight excluding hydrogens is 555 g/mol. The topological polar surface area (TPSA) is 111 Å². The van der Waals surface area contributed by atoms with Gasteiger partial charge in [0.15, 0.2) is 23.0 Å². The first-order valence-corrected chi connectivity index (χ1v) is 12.9. The van der Waals surface area contributed by atoms with Gasteiger partial charge in [-0.15, -0.1) is 0 Å². The second kappa shape index (κ2) is 12.5. The molecule has 0 bridgehead atoms. The van der Waals surface area contributed by atoms with Crippen LogP contribution in [-0.2, 0) is 9.53 Å². The molecule has 2 N–H and O–H groups in total. The van der Waals surface area contributed by atoms with E-state index in [0.29, 0.717) is 29.6 Å². The summed E-state index contributed by atoms with van der Waals surface area (Å²) in [7, 11) is 0. The molecule has 220 valence electrons. The smallest absolute Gasteiger partial charge is 0.489 e. The number of alkyl halides is 3. The SMILES string of the molecule is Cc1nc2c(OCC3CCCCC3)cccn2c1C(=O)NC(CNC(=O)OC(=O)C(F)(F)F)c1ccc(F)c(F)c1. The number of halogens is 5. The number of alkyl carbamates (subject to hydrolysis) is 1. The molecule has 14 heteroatoms. The Morgan fingerprint density at radius 2 is 1.83 bits per heavy atom. The van der Waals surface area contributed by atoms with Crippen LogP contribution >= 0.6 is 0 Å². The number of carbonyl (C=O) groups excluding carboxylic acids is 3. The van der Waals surface area contributed by atoms with Gasteiger partial charge in [-0.1, -0.05) is 25.3 Å². The van der Waals surface area contributed by atoms with E-state index < -0.39 is 48.4 Å². The van der Waals surface area contributed by atoms with Gasteiger partial charge in [-0.25, -0.2) is 23.4 Å². The van der Waals surface area contributed by atoms with Crippen molar-refractivity contribution in [1.82, 2.24) is 20.0 Å². The fourth-order valence-corrected chi connectivity index (χ4v) is 4.68. The second-order valence-corrected chi connectivity index (χ2v) is 9.68. The third kappa shape index (κ3) is 7.30. The lowest BCUT2D eigenvalue weighted by Crippen LogP contribution is -2.40. The van der Waals surface area contributed by atoms with Crippen molar-refractivity contribution in [3.8, 4) is 5.75 Å². The summed E-state index contributed by atoms with van der Waals surface area (Å²) in [4.78, 5) is 40.6. The standard InChI is InChI=1S/C27H27F5N4O5/c1-15-22(36-11-5-8-21(23(36)34-15)40-14-16-6-3-2-4-7-16)24(37)35-20(17-9-10-18(28)19(29)12-17)13-33-26(39)41-25(38)27(30,31)32/h5,8-12,16,20H,2-4,6-7,13-14H2,1H3,(H,33,39)(H,35,37). The first-order chi connectivity index (χ1) is 19.4. The van der Waals surface area contributed by atoms with E-state index in [-0.39, 0.29) is 11.3 Å². The monoisotopic (exact) mass is 582 g/mol. The van der Waals surface area contributed by atoms with E-state index in [9.17, 15) is 36.3 Å². The quantitative estimate of drug-likeness (QED) is 0.216. The Morgan fingerprint density at radius 1 is 1.10 bits per heavy atom. The lowest BCUT2D eigenvalue weighted by Gasteiger charge is -2.21. The number of esters is 1. The fourth-order valence-electron chi connectivity index (χ4n) is 4.68. The minimum atomic E-state index is -5.41. The van der Waals surface area contributed by atoms with E-state index in [4.69, 9.17) is 4.74 Å². The zero-order valence-electron chi connectivity index (χ0n) is 21.9. The Bertz CT molecular complexity index is 1440. The van der Waals surface area contributed by atoms with E-state index >= 15 is 0 Å². The van der Waals surface area contributed by atoms with Crippen LogP contribution in [0.1, 0.15) is 59.9 Å². The predicted octanol–water partition coefficient (Wildman–Crippen LogP) is 5.17. The third-order valence-electron chi connectivity index (χ3n) is 6.72. The number of hydrogen-bond acceptors (Lipinski definition) is 6. The van der Waals surface area contributed by atoms with Gasteiger partial charge in [-0.3, -0.25) is 9.20 Å². The van der Waals surface area contributed by atoms with Crippen LogP contribution in [0.3, 0.4) is 0 Å². The van der Waals surface area contributed by atoms with Crippen molar-refractivity contribution in [3.05, 3.63) is 65.1 Å². The van der Waals surface area contributed by atoms with Crippen LogP contribution < -0.4 is 15.4 Å². The average Bonchev–Trinajstić information content (AvgIpc) is 3.27. The normalized spacial score (nSPS) is 14.9. The highest BCUT2D eigenvalue weighted by atomic mass is 19.4. The van der Waals surface area contributed by atoms with Crippen molar-refractivity contribution in [1.29, 1.82) is 0 Å². The predicted molar refractivity (Wildman–Crippen MR) is 134 cm³/mol. The van der Waals surface area contributed by atoms with E-state index in [1.54, 1.807) is 25.3 Å². The number of hydrogen-bond donors (Lipinski definition) is 2. The van der Waals surface area contributed by atoms with Crippen LogP contribution in [0.15, 0.2) is 36.5 Å². The molecule has 0 aliphatic heterocycles. The summed E-state index contributed by atoms with van der Waals surface area (Å²) in [6, 6.07) is 4.78. The number of benzene rings is 1. The molecule has 0 radical (unpaired) electrons. The molecule has 1 aliphatic carbocycles. The molecule has 2 heterocycles. The number of amides is 2. The van der Waals surface area contributed by atoms with Crippen molar-refractivity contribution in [2.75, 3.05) is 13.2 Å². The van der Waals surface area contributed by atoms with Crippen LogP contribution in [0, 0.1) is 24.5 Å². The van der Waals surface area contributed by atoms with Gasteiger partial charge in [0, 0.05) is 12.7 Å². The summed E-state index contributed by atoms with van der Waals surface area (Å²) in [5.74, 6) is -5.04. The first kappa shape index (κ1) is 29.7. The van der Waals surface area contributed by atoms with Crippen molar-refractivity contribution in [2.24, 2.45) is 5.92 Å². The molecule has 1 unspecified atom stereocenters. The van der Waals surface area contributed by atoms with Crippen molar-refractivity contribution < 1.29 is 45.8 Å². The summed E-state index contributed by atoms with van der Waals surface area (Å²) < 4.78 is 76.0. The molecule has 2 aromatic heterocycles. The number of aromatic nitrogens is 2. The number of nitrogens with one attached hydrogen (secondary N) is 2. The second-order valence-electron chi connectivity index (χ2n) is 9.68. The number of rotatable bonds is 8. The van der Waals surface area contributed by atoms with Gasteiger partial charge in [-0.2, -0.15) is 13.2 Å². The highest BCUT2D eigenvalue weighted by Crippen LogP contribution is 2.27. The summed E-state index contributed by atoms with van der Waals surface area (Å²) in [5, 5.41) is 4.47. The van der Waals surface area contributed by atoms with Crippen LogP contribution in [0.4, 0.5) is 26.7 Å². The Morgan fingerprint density at radius 3 is 2.51 bits per heavy atom. The van der Waals surface area contributed by atoms with Gasteiger partial charge in [-0.05, 0) is 55.5 Å². The number of fused-ring (bicyclic) bond motifs is 1. The van der Waals surface area contributed by atoms with Gasteiger partial charge in [0.2, 0.25) is 0 Å². The minimum Gasteiger partial charge on any atom is -0.489 e. The van der Waals surface area contributed by atoms with Gasteiger partial charge < -0.3 is 20.1 Å². The Balaban J connectivity index is 1.54. The highest BCUT2D eigenvalue weighted by molar-refractivity contribution is 5.95. The molecule has 3 aromatic rings. The van der Waals surface area contributed by atoms with Crippen LogP contribution in [0.2, 0.25) is 0 Å². The number of carbonyl (C=O) groups is 3. The fraction of sp³-hybridized carbons (Fsp3) is 0.407. The molecule has 9 nitrogen and oxygen atoms in total. The maximum Gasteiger partial charge on any atom is 0.491 e. The molecule has 1 fully saturated rings. The van der Waals surface area contributed by atoms with Gasteiger partial charge in [0.05, 0.1) is 18.3 Å².